The number of likely N-dealkylation sites (tertiary alicyclic amines) is 1. The first-order chi connectivity index (χ1) is 15.0. The fraction of sp³-hybridized carbons (Fsp3) is 0.333. The molecule has 2 aliphatic rings. The number of rotatable bonds is 5. The van der Waals surface area contributed by atoms with Crippen LogP contribution in [0.5, 0.6) is 0 Å². The third-order valence-corrected chi connectivity index (χ3v) is 5.96. The number of carbonyl (C=O) groups is 2. The van der Waals surface area contributed by atoms with E-state index in [2.05, 4.69) is 0 Å². The van der Waals surface area contributed by atoms with Crippen LogP contribution in [0.25, 0.3) is 5.76 Å². The van der Waals surface area contributed by atoms with Gasteiger partial charge in [-0.2, -0.15) is 0 Å². The van der Waals surface area contributed by atoms with E-state index in [-0.39, 0.29) is 11.3 Å². The number of amides is 1. The van der Waals surface area contributed by atoms with E-state index in [4.69, 9.17) is 4.74 Å². The molecule has 2 heterocycles. The lowest BCUT2D eigenvalue weighted by Crippen LogP contribution is -3.14. The molecule has 0 radical (unpaired) electrons. The SMILES string of the molecule is Cc1ccc(C(O)=C2C(=O)C(=O)N(CC[NH+]3CCOCC3)[C@H]2c2ccc(F)cc2)cc1. The van der Waals surface area contributed by atoms with Crippen molar-refractivity contribution in [3.63, 3.8) is 0 Å². The summed E-state index contributed by atoms with van der Waals surface area (Å²) in [6.45, 7) is 5.97. The maximum Gasteiger partial charge on any atom is 0.295 e. The van der Waals surface area contributed by atoms with E-state index in [0.29, 0.717) is 37.4 Å². The molecule has 162 valence electrons. The molecule has 2 N–H and O–H groups in total. The van der Waals surface area contributed by atoms with Gasteiger partial charge < -0.3 is 19.6 Å². The van der Waals surface area contributed by atoms with Crippen molar-refractivity contribution in [1.82, 2.24) is 4.90 Å². The average molecular weight is 425 g/mol. The van der Waals surface area contributed by atoms with Crippen molar-refractivity contribution in [2.45, 2.75) is 13.0 Å². The lowest BCUT2D eigenvalue weighted by molar-refractivity contribution is -0.907. The third-order valence-electron chi connectivity index (χ3n) is 5.96. The van der Waals surface area contributed by atoms with Crippen LogP contribution >= 0.6 is 0 Å². The van der Waals surface area contributed by atoms with E-state index >= 15 is 0 Å². The predicted molar refractivity (Wildman–Crippen MR) is 113 cm³/mol. The molecule has 7 heteroatoms. The highest BCUT2D eigenvalue weighted by Gasteiger charge is 2.46. The van der Waals surface area contributed by atoms with Gasteiger partial charge in [0.25, 0.3) is 11.7 Å². The maximum atomic E-state index is 13.5. The van der Waals surface area contributed by atoms with Gasteiger partial charge in [0, 0.05) is 5.56 Å². The van der Waals surface area contributed by atoms with Crippen LogP contribution in [0.3, 0.4) is 0 Å². The molecule has 2 aliphatic heterocycles. The van der Waals surface area contributed by atoms with Gasteiger partial charge in [-0.25, -0.2) is 4.39 Å². The molecule has 0 saturated carbocycles. The standard InChI is InChI=1S/C24H25FN2O4/c1-16-2-4-18(5-3-16)22(28)20-21(17-6-8-19(25)9-7-17)27(24(30)23(20)29)11-10-26-12-14-31-15-13-26/h2-9,21,28H,10-15H2,1H3/p+1/t21-/m0/s1. The zero-order valence-corrected chi connectivity index (χ0v) is 17.4. The summed E-state index contributed by atoms with van der Waals surface area (Å²) < 4.78 is 18.9. The lowest BCUT2D eigenvalue weighted by atomic mass is 9.95. The minimum Gasteiger partial charge on any atom is -0.507 e. The van der Waals surface area contributed by atoms with E-state index in [1.165, 1.54) is 21.9 Å². The molecule has 2 fully saturated rings. The zero-order chi connectivity index (χ0) is 22.0. The number of morpholine rings is 1. The van der Waals surface area contributed by atoms with Gasteiger partial charge >= 0.3 is 0 Å². The van der Waals surface area contributed by atoms with Gasteiger partial charge in [-0.1, -0.05) is 42.0 Å². The second-order valence-corrected chi connectivity index (χ2v) is 8.02. The number of nitrogens with one attached hydrogen (secondary N) is 1. The molecule has 0 bridgehead atoms. The first kappa shape index (κ1) is 21.2. The first-order valence-electron chi connectivity index (χ1n) is 10.5. The Morgan fingerprint density at radius 2 is 1.74 bits per heavy atom. The lowest BCUT2D eigenvalue weighted by Gasteiger charge is -2.29. The molecule has 0 aliphatic carbocycles. The second-order valence-electron chi connectivity index (χ2n) is 8.02. The van der Waals surface area contributed by atoms with E-state index in [0.717, 1.165) is 18.7 Å². The molecule has 2 saturated heterocycles. The van der Waals surface area contributed by atoms with Crippen molar-refractivity contribution < 1.29 is 28.7 Å². The van der Waals surface area contributed by atoms with E-state index < -0.39 is 23.5 Å². The van der Waals surface area contributed by atoms with Crippen LogP contribution in [0.4, 0.5) is 4.39 Å². The highest BCUT2D eigenvalue weighted by Crippen LogP contribution is 2.39. The van der Waals surface area contributed by atoms with Crippen LogP contribution < -0.4 is 4.90 Å². The molecule has 31 heavy (non-hydrogen) atoms. The van der Waals surface area contributed by atoms with Gasteiger partial charge in [0.05, 0.1) is 37.9 Å². The normalized spacial score (nSPS) is 21.6. The Balaban J connectivity index is 1.72. The monoisotopic (exact) mass is 425 g/mol. The van der Waals surface area contributed by atoms with Crippen molar-refractivity contribution >= 4 is 17.4 Å². The van der Waals surface area contributed by atoms with Gasteiger partial charge in [-0.05, 0) is 24.6 Å². The molecule has 2 aromatic rings. The highest BCUT2D eigenvalue weighted by atomic mass is 19.1. The van der Waals surface area contributed by atoms with E-state index in [1.807, 2.05) is 19.1 Å². The summed E-state index contributed by atoms with van der Waals surface area (Å²) in [5, 5.41) is 11.0. The first-order valence-corrected chi connectivity index (χ1v) is 10.5. The Hall–Kier alpha value is -3.03. The zero-order valence-electron chi connectivity index (χ0n) is 17.4. The van der Waals surface area contributed by atoms with Gasteiger partial charge in [-0.3, -0.25) is 9.59 Å². The number of halogens is 1. The van der Waals surface area contributed by atoms with Crippen molar-refractivity contribution in [2.24, 2.45) is 0 Å². The molecule has 2 aromatic carbocycles. The van der Waals surface area contributed by atoms with Crippen LogP contribution in [0.2, 0.25) is 0 Å². The summed E-state index contributed by atoms with van der Waals surface area (Å²) in [5.41, 5.74) is 2.11. The smallest absolute Gasteiger partial charge is 0.295 e. The Labute approximate surface area is 180 Å². The summed E-state index contributed by atoms with van der Waals surface area (Å²) in [5.74, 6) is -1.98. The number of aliphatic hydroxyl groups is 1. The van der Waals surface area contributed by atoms with Crippen LogP contribution in [0.1, 0.15) is 22.7 Å². The Morgan fingerprint density at radius 1 is 1.10 bits per heavy atom. The number of ether oxygens (including phenoxy) is 1. The van der Waals surface area contributed by atoms with Gasteiger partial charge in [0.1, 0.15) is 24.7 Å². The fourth-order valence-corrected chi connectivity index (χ4v) is 4.16. The summed E-state index contributed by atoms with van der Waals surface area (Å²) in [6, 6.07) is 12.1. The summed E-state index contributed by atoms with van der Waals surface area (Å²) in [7, 11) is 0. The fourth-order valence-electron chi connectivity index (χ4n) is 4.16. The highest BCUT2D eigenvalue weighted by molar-refractivity contribution is 6.46. The van der Waals surface area contributed by atoms with Gasteiger partial charge in [0.2, 0.25) is 0 Å². The van der Waals surface area contributed by atoms with Crippen molar-refractivity contribution in [2.75, 3.05) is 39.4 Å². The van der Waals surface area contributed by atoms with Crippen molar-refractivity contribution in [1.29, 1.82) is 0 Å². The molecular formula is C24H26FN2O4+. The maximum absolute atomic E-state index is 13.5. The topological polar surface area (TPSA) is 71.3 Å². The summed E-state index contributed by atoms with van der Waals surface area (Å²) in [6.07, 6.45) is 0. The summed E-state index contributed by atoms with van der Waals surface area (Å²) in [4.78, 5) is 28.7. The van der Waals surface area contributed by atoms with Crippen LogP contribution in [-0.4, -0.2) is 61.1 Å². The van der Waals surface area contributed by atoms with Gasteiger partial charge in [0.15, 0.2) is 0 Å². The number of hydrogen-bond acceptors (Lipinski definition) is 4. The number of aliphatic hydroxyl groups excluding tert-OH is 1. The van der Waals surface area contributed by atoms with E-state index in [9.17, 15) is 19.1 Å². The van der Waals surface area contributed by atoms with Crippen molar-refractivity contribution in [3.05, 3.63) is 76.6 Å². The second kappa shape index (κ2) is 8.99. The number of hydrogen-bond donors (Lipinski definition) is 2. The molecule has 0 aromatic heterocycles. The number of quaternary nitrogens is 1. The Kier molecular flexibility index (Phi) is 6.15. The van der Waals surface area contributed by atoms with Gasteiger partial charge in [-0.15, -0.1) is 0 Å². The molecule has 0 unspecified atom stereocenters. The number of benzene rings is 2. The third kappa shape index (κ3) is 4.38. The average Bonchev–Trinajstić information content (AvgIpc) is 3.04. The minimum atomic E-state index is -0.762. The molecular weight excluding hydrogens is 399 g/mol. The van der Waals surface area contributed by atoms with Crippen LogP contribution in [0.15, 0.2) is 54.1 Å². The number of aryl methyl sites for hydroxylation is 1. The van der Waals surface area contributed by atoms with Crippen LogP contribution in [-0.2, 0) is 14.3 Å². The minimum absolute atomic E-state index is 0.0393. The number of nitrogens with zero attached hydrogens (tertiary/aromatic N) is 1. The number of carbonyl (C=O) groups excluding carboxylic acids is 2. The molecule has 0 spiro atoms. The summed E-state index contributed by atoms with van der Waals surface area (Å²) >= 11 is 0. The number of Topliss-reactive ketones (excluding diaryl/α,β-unsaturated/α-hetero) is 1. The predicted octanol–water partition coefficient (Wildman–Crippen LogP) is 1.47. The van der Waals surface area contributed by atoms with Crippen LogP contribution in [0, 0.1) is 12.7 Å². The largest absolute Gasteiger partial charge is 0.507 e. The molecule has 4 rings (SSSR count). The Bertz CT molecular complexity index is 995. The number of ketones is 1. The van der Waals surface area contributed by atoms with Crippen molar-refractivity contribution in [3.8, 4) is 0 Å². The molecule has 6 nitrogen and oxygen atoms in total. The molecule has 1 atom stereocenters. The quantitative estimate of drug-likeness (QED) is 0.433. The Morgan fingerprint density at radius 3 is 2.39 bits per heavy atom. The van der Waals surface area contributed by atoms with E-state index in [1.54, 1.807) is 24.3 Å². The molecule has 1 amide bonds.